The summed E-state index contributed by atoms with van der Waals surface area (Å²) in [5.41, 5.74) is 3.35. The molecule has 1 aliphatic heterocycles. The summed E-state index contributed by atoms with van der Waals surface area (Å²) in [5, 5.41) is 4.14. The molecule has 2 heterocycles. The molecule has 1 fully saturated rings. The molecule has 4 rings (SSSR count). The van der Waals surface area contributed by atoms with Crippen molar-refractivity contribution in [1.29, 1.82) is 0 Å². The zero-order valence-electron chi connectivity index (χ0n) is 20.9. The minimum atomic E-state index is -0.689. The Morgan fingerprint density at radius 3 is 2.56 bits per heavy atom. The predicted molar refractivity (Wildman–Crippen MR) is 138 cm³/mol. The van der Waals surface area contributed by atoms with Crippen molar-refractivity contribution < 1.29 is 18.7 Å². The van der Waals surface area contributed by atoms with Gasteiger partial charge in [0, 0.05) is 49.9 Å². The number of benzene rings is 2. The van der Waals surface area contributed by atoms with Crippen LogP contribution in [0.4, 0.5) is 10.1 Å². The first kappa shape index (κ1) is 25.2. The number of piperazine rings is 1. The van der Waals surface area contributed by atoms with Crippen molar-refractivity contribution in [2.45, 2.75) is 13.5 Å². The monoisotopic (exact) mass is 495 g/mol. The molecule has 1 N–H and O–H groups in total. The molecular weight excluding hydrogens is 465 g/mol. The fourth-order valence-corrected chi connectivity index (χ4v) is 4.27. The molecule has 1 saturated heterocycles. The largest absolute Gasteiger partial charge is 0.497 e. The molecule has 190 valence electrons. The third kappa shape index (κ3) is 5.03. The number of rotatable bonds is 7. The highest BCUT2D eigenvalue weighted by Gasteiger charge is 2.21. The molecule has 9 nitrogen and oxygen atoms in total. The van der Waals surface area contributed by atoms with E-state index in [1.807, 2.05) is 18.9 Å². The van der Waals surface area contributed by atoms with E-state index >= 15 is 4.39 Å². The minimum absolute atomic E-state index is 0.120. The second-order valence-corrected chi connectivity index (χ2v) is 8.58. The summed E-state index contributed by atoms with van der Waals surface area (Å²) in [7, 11) is 5.10. The average molecular weight is 496 g/mol. The number of carbonyl (C=O) groups excluding carboxylic acids is 1. The molecule has 0 saturated carbocycles. The van der Waals surface area contributed by atoms with E-state index in [2.05, 4.69) is 15.4 Å². The van der Waals surface area contributed by atoms with Gasteiger partial charge in [-0.25, -0.2) is 9.82 Å². The molecule has 1 aliphatic rings. The fourth-order valence-electron chi connectivity index (χ4n) is 4.27. The summed E-state index contributed by atoms with van der Waals surface area (Å²) in [4.78, 5) is 30.2. The normalized spacial score (nSPS) is 14.4. The topological polar surface area (TPSA) is 88.4 Å². The van der Waals surface area contributed by atoms with Crippen molar-refractivity contribution in [3.8, 4) is 11.5 Å². The number of aryl methyl sites for hydroxylation is 1. The first-order valence-corrected chi connectivity index (χ1v) is 11.7. The van der Waals surface area contributed by atoms with E-state index in [4.69, 9.17) is 9.47 Å². The maximum atomic E-state index is 15.1. The molecule has 3 aromatic rings. The van der Waals surface area contributed by atoms with Gasteiger partial charge in [-0.3, -0.25) is 9.59 Å². The van der Waals surface area contributed by atoms with E-state index in [0.29, 0.717) is 47.9 Å². The molecule has 1 amide bonds. The molecule has 0 atom stereocenters. The van der Waals surface area contributed by atoms with Gasteiger partial charge in [-0.05, 0) is 44.3 Å². The van der Waals surface area contributed by atoms with Crippen LogP contribution < -0.4 is 25.2 Å². The first-order valence-electron chi connectivity index (χ1n) is 11.7. The molecule has 10 heteroatoms. The molecule has 2 aromatic carbocycles. The van der Waals surface area contributed by atoms with Crippen LogP contribution in [-0.4, -0.2) is 69.0 Å². The first-order chi connectivity index (χ1) is 17.4. The zero-order chi connectivity index (χ0) is 25.8. The van der Waals surface area contributed by atoms with Crippen LogP contribution in [0.2, 0.25) is 0 Å². The number of fused-ring (bicyclic) bond motifs is 1. The van der Waals surface area contributed by atoms with Crippen molar-refractivity contribution in [2.24, 2.45) is 5.10 Å². The highest BCUT2D eigenvalue weighted by atomic mass is 19.1. The molecule has 0 unspecified atom stereocenters. The quantitative estimate of drug-likeness (QED) is 0.401. The number of anilines is 1. The lowest BCUT2D eigenvalue weighted by atomic mass is 10.1. The van der Waals surface area contributed by atoms with Crippen LogP contribution in [0.1, 0.15) is 22.8 Å². The summed E-state index contributed by atoms with van der Waals surface area (Å²) in [6, 6.07) is 8.10. The van der Waals surface area contributed by atoms with E-state index in [1.165, 1.54) is 25.6 Å². The van der Waals surface area contributed by atoms with Crippen LogP contribution >= 0.6 is 0 Å². The van der Waals surface area contributed by atoms with Crippen LogP contribution in [0, 0.1) is 5.82 Å². The van der Waals surface area contributed by atoms with Gasteiger partial charge in [-0.2, -0.15) is 5.10 Å². The number of carbonyl (C=O) groups is 1. The predicted octanol–water partition coefficient (Wildman–Crippen LogP) is 2.69. The Labute approximate surface area is 208 Å². The van der Waals surface area contributed by atoms with Crippen molar-refractivity contribution in [3.63, 3.8) is 0 Å². The standard InChI is InChI=1S/C26H30FN5O4/c1-5-31-16-20(26(34)29-28-15-17-12-18(35-3)6-7-24(17)36-4)25(33)19-13-21(27)23(14-22(19)31)32-10-8-30(2)9-11-32/h6-7,12-16H,5,8-11H2,1-4H3,(H,29,34). The Bertz CT molecular complexity index is 1360. The number of nitrogens with zero attached hydrogens (tertiary/aromatic N) is 4. The Morgan fingerprint density at radius 1 is 1.14 bits per heavy atom. The number of hydrogen-bond acceptors (Lipinski definition) is 7. The maximum absolute atomic E-state index is 15.1. The number of nitrogens with one attached hydrogen (secondary N) is 1. The van der Waals surface area contributed by atoms with Crippen molar-refractivity contribution in [1.82, 2.24) is 14.9 Å². The number of methoxy groups -OCH3 is 2. The highest BCUT2D eigenvalue weighted by Crippen LogP contribution is 2.26. The Hall–Kier alpha value is -3.92. The van der Waals surface area contributed by atoms with Crippen LogP contribution in [0.15, 0.2) is 46.4 Å². The van der Waals surface area contributed by atoms with Gasteiger partial charge in [0.05, 0.1) is 31.6 Å². The van der Waals surface area contributed by atoms with Gasteiger partial charge < -0.3 is 23.8 Å². The van der Waals surface area contributed by atoms with Gasteiger partial charge in [0.2, 0.25) is 5.43 Å². The number of hydrogen-bond donors (Lipinski definition) is 1. The van der Waals surface area contributed by atoms with Crippen LogP contribution in [0.3, 0.4) is 0 Å². The second-order valence-electron chi connectivity index (χ2n) is 8.58. The molecule has 0 aliphatic carbocycles. The summed E-state index contributed by atoms with van der Waals surface area (Å²) in [6.07, 6.45) is 2.90. The molecular formula is C26H30FN5O4. The Morgan fingerprint density at radius 2 is 1.89 bits per heavy atom. The van der Waals surface area contributed by atoms with E-state index in [1.54, 1.807) is 35.9 Å². The molecule has 1 aromatic heterocycles. The van der Waals surface area contributed by atoms with Crippen LogP contribution in [0.25, 0.3) is 10.9 Å². The SMILES string of the molecule is CCn1cc(C(=O)NN=Cc2cc(OC)ccc2OC)c(=O)c2cc(F)c(N3CCN(C)CC3)cc21. The van der Waals surface area contributed by atoms with E-state index in [0.717, 1.165) is 13.1 Å². The number of likely N-dealkylation sites (N-methyl/N-ethyl adjacent to an activating group) is 1. The number of amides is 1. The summed E-state index contributed by atoms with van der Waals surface area (Å²) >= 11 is 0. The number of hydrazone groups is 1. The molecule has 0 radical (unpaired) electrons. The van der Waals surface area contributed by atoms with Gasteiger partial charge >= 0.3 is 0 Å². The van der Waals surface area contributed by atoms with E-state index in [9.17, 15) is 9.59 Å². The van der Waals surface area contributed by atoms with Gasteiger partial charge in [-0.15, -0.1) is 0 Å². The van der Waals surface area contributed by atoms with E-state index in [-0.39, 0.29) is 10.9 Å². The molecule has 36 heavy (non-hydrogen) atoms. The van der Waals surface area contributed by atoms with E-state index < -0.39 is 17.2 Å². The number of aromatic nitrogens is 1. The second kappa shape index (κ2) is 10.8. The van der Waals surface area contributed by atoms with Gasteiger partial charge in [0.25, 0.3) is 5.91 Å². The summed E-state index contributed by atoms with van der Waals surface area (Å²) in [6.45, 7) is 5.46. The fraction of sp³-hybridized carbons (Fsp3) is 0.346. The van der Waals surface area contributed by atoms with Gasteiger partial charge in [-0.1, -0.05) is 0 Å². The zero-order valence-corrected chi connectivity index (χ0v) is 20.9. The summed E-state index contributed by atoms with van der Waals surface area (Å²) in [5.74, 6) is -0.0281. The lowest BCUT2D eigenvalue weighted by Gasteiger charge is -2.34. The lowest BCUT2D eigenvalue weighted by molar-refractivity contribution is 0.0953. The number of ether oxygens (including phenoxy) is 2. The summed E-state index contributed by atoms with van der Waals surface area (Å²) < 4.78 is 27.4. The Kier molecular flexibility index (Phi) is 7.54. The number of pyridine rings is 1. The van der Waals surface area contributed by atoms with Crippen molar-refractivity contribution in [3.05, 3.63) is 63.7 Å². The lowest BCUT2D eigenvalue weighted by Crippen LogP contribution is -2.44. The maximum Gasteiger partial charge on any atom is 0.276 e. The van der Waals surface area contributed by atoms with Gasteiger partial charge in [0.1, 0.15) is 22.9 Å². The minimum Gasteiger partial charge on any atom is -0.497 e. The van der Waals surface area contributed by atoms with Crippen LogP contribution in [0.5, 0.6) is 11.5 Å². The van der Waals surface area contributed by atoms with Crippen molar-refractivity contribution in [2.75, 3.05) is 52.3 Å². The Balaban J connectivity index is 1.64. The van der Waals surface area contributed by atoms with Crippen LogP contribution in [-0.2, 0) is 6.54 Å². The molecule has 0 spiro atoms. The third-order valence-corrected chi connectivity index (χ3v) is 6.38. The third-order valence-electron chi connectivity index (χ3n) is 6.38. The molecule has 0 bridgehead atoms. The number of halogens is 1. The highest BCUT2D eigenvalue weighted by molar-refractivity contribution is 5.98. The van der Waals surface area contributed by atoms with Crippen molar-refractivity contribution >= 4 is 28.7 Å². The smallest absolute Gasteiger partial charge is 0.276 e. The van der Waals surface area contributed by atoms with Gasteiger partial charge in [0.15, 0.2) is 0 Å². The average Bonchev–Trinajstić information content (AvgIpc) is 2.89.